The van der Waals surface area contributed by atoms with E-state index in [1.807, 2.05) is 18.2 Å². The summed E-state index contributed by atoms with van der Waals surface area (Å²) in [5, 5.41) is 3.03. The highest BCUT2D eigenvalue weighted by molar-refractivity contribution is 5.96. The number of ether oxygens (including phenoxy) is 2. The van der Waals surface area contributed by atoms with Gasteiger partial charge in [0.05, 0.1) is 19.4 Å². The normalized spacial score (nSPS) is 21.0. The van der Waals surface area contributed by atoms with Crippen molar-refractivity contribution in [2.45, 2.75) is 64.2 Å². The van der Waals surface area contributed by atoms with Crippen LogP contribution in [0.4, 0.5) is 4.39 Å². The van der Waals surface area contributed by atoms with Crippen molar-refractivity contribution in [1.82, 2.24) is 25.0 Å². The summed E-state index contributed by atoms with van der Waals surface area (Å²) in [6.07, 6.45) is 5.59. The van der Waals surface area contributed by atoms with E-state index in [0.29, 0.717) is 5.75 Å². The SMILES string of the molecule is CCCN1CCN(Cc2ccc(-c3cccc(Oc4ncc(F)cc4C(=O)N[C@H]4CC[C@H](N)CC4)c3)c(CN3CCOCC3)c2)CC1.Cl. The Morgan fingerprint density at radius 3 is 2.44 bits per heavy atom. The molecule has 2 aromatic carbocycles. The highest BCUT2D eigenvalue weighted by Gasteiger charge is 2.24. The van der Waals surface area contributed by atoms with Crippen molar-refractivity contribution >= 4 is 18.3 Å². The van der Waals surface area contributed by atoms with Crippen LogP contribution >= 0.6 is 12.4 Å². The van der Waals surface area contributed by atoms with Crippen molar-refractivity contribution in [3.63, 3.8) is 0 Å². The van der Waals surface area contributed by atoms with Gasteiger partial charge in [-0.15, -0.1) is 12.4 Å². The number of nitrogens with zero attached hydrogens (tertiary/aromatic N) is 4. The number of halogens is 2. The van der Waals surface area contributed by atoms with Gasteiger partial charge in [0.1, 0.15) is 17.1 Å². The number of carbonyl (C=O) groups excluding carboxylic acids is 1. The molecule has 260 valence electrons. The molecule has 0 atom stereocenters. The molecule has 2 aliphatic heterocycles. The summed E-state index contributed by atoms with van der Waals surface area (Å²) < 4.78 is 26.1. The number of pyridine rings is 1. The minimum Gasteiger partial charge on any atom is -0.438 e. The summed E-state index contributed by atoms with van der Waals surface area (Å²) in [7, 11) is 0. The zero-order valence-electron chi connectivity index (χ0n) is 28.0. The smallest absolute Gasteiger partial charge is 0.257 e. The summed E-state index contributed by atoms with van der Waals surface area (Å²) in [6.45, 7) is 12.9. The molecule has 1 aliphatic carbocycles. The standard InChI is InChI=1S/C37H49FN6O3.ClH/c1-2-12-42-13-15-43(16-14-42)25-27-6-11-34(29(21-27)26-44-17-19-46-20-18-44)28-4-3-5-33(22-28)47-37-35(23-30(38)24-40-37)36(45)41-32-9-7-31(39)8-10-32;/h3-6,11,21-24,31-32H,2,7-10,12-20,25-26,39H2,1H3,(H,41,45);1H/t31-,32-;. The van der Waals surface area contributed by atoms with E-state index in [0.717, 1.165) is 109 Å². The van der Waals surface area contributed by atoms with E-state index in [1.54, 1.807) is 0 Å². The Labute approximate surface area is 290 Å². The molecule has 0 spiro atoms. The molecule has 1 saturated carbocycles. The molecular weight excluding hydrogens is 631 g/mol. The maximum Gasteiger partial charge on any atom is 0.257 e. The molecular formula is C37H50ClFN6O3. The Morgan fingerprint density at radius 1 is 0.958 bits per heavy atom. The van der Waals surface area contributed by atoms with Gasteiger partial charge in [-0.2, -0.15) is 0 Å². The van der Waals surface area contributed by atoms with Crippen molar-refractivity contribution in [3.05, 3.63) is 77.2 Å². The predicted octanol–water partition coefficient (Wildman–Crippen LogP) is 5.46. The van der Waals surface area contributed by atoms with Crippen LogP contribution in [0.1, 0.15) is 60.5 Å². The van der Waals surface area contributed by atoms with Gasteiger partial charge in [0.25, 0.3) is 5.91 Å². The van der Waals surface area contributed by atoms with E-state index in [2.05, 4.69) is 56.2 Å². The van der Waals surface area contributed by atoms with Gasteiger partial charge in [-0.3, -0.25) is 14.6 Å². The summed E-state index contributed by atoms with van der Waals surface area (Å²) in [5.41, 5.74) is 10.8. The van der Waals surface area contributed by atoms with Crippen LogP contribution in [0.5, 0.6) is 11.6 Å². The molecule has 0 bridgehead atoms. The molecule has 9 nitrogen and oxygen atoms in total. The fourth-order valence-electron chi connectivity index (χ4n) is 6.94. The predicted molar refractivity (Wildman–Crippen MR) is 189 cm³/mol. The van der Waals surface area contributed by atoms with Gasteiger partial charge in [0, 0.05) is 64.4 Å². The topological polar surface area (TPSA) is 96.2 Å². The Hall–Kier alpha value is -3.12. The van der Waals surface area contributed by atoms with Crippen molar-refractivity contribution in [2.75, 3.05) is 59.0 Å². The van der Waals surface area contributed by atoms with Gasteiger partial charge in [0.2, 0.25) is 5.88 Å². The van der Waals surface area contributed by atoms with Crippen molar-refractivity contribution in [2.24, 2.45) is 5.73 Å². The van der Waals surface area contributed by atoms with Crippen LogP contribution in [-0.2, 0) is 17.8 Å². The lowest BCUT2D eigenvalue weighted by molar-refractivity contribution is 0.0342. The molecule has 3 heterocycles. The number of aromatic nitrogens is 1. The molecule has 3 N–H and O–H groups in total. The van der Waals surface area contributed by atoms with E-state index in [9.17, 15) is 9.18 Å². The van der Waals surface area contributed by atoms with Gasteiger partial charge in [0.15, 0.2) is 0 Å². The van der Waals surface area contributed by atoms with Gasteiger partial charge >= 0.3 is 0 Å². The lowest BCUT2D eigenvalue weighted by atomic mass is 9.91. The molecule has 3 fully saturated rings. The molecule has 3 aliphatic rings. The van der Waals surface area contributed by atoms with Crippen LogP contribution in [0.25, 0.3) is 11.1 Å². The number of rotatable bonds is 11. The number of benzene rings is 2. The summed E-state index contributed by atoms with van der Waals surface area (Å²) in [4.78, 5) is 25.0. The second-order valence-corrected chi connectivity index (χ2v) is 13.2. The maximum absolute atomic E-state index is 14.3. The van der Waals surface area contributed by atoms with Gasteiger partial charge in [-0.05, 0) is 79.1 Å². The number of piperazine rings is 1. The molecule has 48 heavy (non-hydrogen) atoms. The number of hydrogen-bond acceptors (Lipinski definition) is 8. The monoisotopic (exact) mass is 680 g/mol. The van der Waals surface area contributed by atoms with Gasteiger partial charge in [-0.1, -0.05) is 37.3 Å². The Morgan fingerprint density at radius 2 is 1.69 bits per heavy atom. The molecule has 1 amide bonds. The zero-order valence-corrected chi connectivity index (χ0v) is 28.9. The van der Waals surface area contributed by atoms with E-state index < -0.39 is 11.7 Å². The number of morpholine rings is 1. The maximum atomic E-state index is 14.3. The lowest BCUT2D eigenvalue weighted by Crippen LogP contribution is -2.46. The fourth-order valence-corrected chi connectivity index (χ4v) is 6.94. The number of nitrogens with two attached hydrogens (primary N) is 1. The fraction of sp³-hybridized carbons (Fsp3) is 0.514. The number of nitrogens with one attached hydrogen (secondary N) is 1. The van der Waals surface area contributed by atoms with E-state index >= 15 is 0 Å². The quantitative estimate of drug-likeness (QED) is 0.276. The highest BCUT2D eigenvalue weighted by Crippen LogP contribution is 2.32. The average molecular weight is 681 g/mol. The van der Waals surface area contributed by atoms with Crippen molar-refractivity contribution < 1.29 is 18.7 Å². The third-order valence-electron chi connectivity index (χ3n) is 9.61. The largest absolute Gasteiger partial charge is 0.438 e. The lowest BCUT2D eigenvalue weighted by Gasteiger charge is -2.34. The van der Waals surface area contributed by atoms with Crippen LogP contribution in [-0.4, -0.2) is 96.7 Å². The molecule has 6 rings (SSSR count). The first-order valence-corrected chi connectivity index (χ1v) is 17.3. The van der Waals surface area contributed by atoms with E-state index in [1.165, 1.54) is 30.2 Å². The first-order valence-electron chi connectivity index (χ1n) is 17.3. The Bertz CT molecular complexity index is 1490. The van der Waals surface area contributed by atoms with E-state index in [-0.39, 0.29) is 35.9 Å². The number of carbonyl (C=O) groups is 1. The summed E-state index contributed by atoms with van der Waals surface area (Å²) in [6, 6.07) is 16.0. The number of amides is 1. The molecule has 2 saturated heterocycles. The van der Waals surface area contributed by atoms with Crippen LogP contribution in [0, 0.1) is 5.82 Å². The van der Waals surface area contributed by atoms with Crippen molar-refractivity contribution in [3.8, 4) is 22.8 Å². The third kappa shape index (κ3) is 9.74. The Balaban J connectivity index is 0.00000451. The molecule has 11 heteroatoms. The van der Waals surface area contributed by atoms with Crippen LogP contribution in [0.2, 0.25) is 0 Å². The average Bonchev–Trinajstić information content (AvgIpc) is 3.08. The summed E-state index contributed by atoms with van der Waals surface area (Å²) >= 11 is 0. The van der Waals surface area contributed by atoms with Crippen LogP contribution in [0.15, 0.2) is 54.7 Å². The number of hydrogen-bond donors (Lipinski definition) is 2. The second-order valence-electron chi connectivity index (χ2n) is 13.2. The second kappa shape index (κ2) is 17.5. The first kappa shape index (κ1) is 36.2. The highest BCUT2D eigenvalue weighted by atomic mass is 35.5. The van der Waals surface area contributed by atoms with E-state index in [4.69, 9.17) is 15.2 Å². The van der Waals surface area contributed by atoms with Crippen molar-refractivity contribution in [1.29, 1.82) is 0 Å². The molecule has 1 aromatic heterocycles. The minimum atomic E-state index is -0.586. The molecule has 3 aromatic rings. The van der Waals surface area contributed by atoms with Crippen LogP contribution < -0.4 is 15.8 Å². The molecule has 0 radical (unpaired) electrons. The summed E-state index contributed by atoms with van der Waals surface area (Å²) in [5.74, 6) is -0.362. The minimum absolute atomic E-state index is 0. The zero-order chi connectivity index (χ0) is 32.6. The van der Waals surface area contributed by atoms with Gasteiger partial charge in [-0.25, -0.2) is 9.37 Å². The molecule has 0 unspecified atom stereocenters. The van der Waals surface area contributed by atoms with Gasteiger partial charge < -0.3 is 25.4 Å². The Kier molecular flexibility index (Phi) is 13.2. The van der Waals surface area contributed by atoms with Crippen LogP contribution in [0.3, 0.4) is 0 Å². The first-order chi connectivity index (χ1) is 22.9. The third-order valence-corrected chi connectivity index (χ3v) is 9.61.